The molecule has 1 fully saturated rings. The molecule has 1 N–H and O–H groups in total. The van der Waals surface area contributed by atoms with Crippen LogP contribution in [0.2, 0.25) is 0 Å². The predicted molar refractivity (Wildman–Crippen MR) is 64.7 cm³/mol. The number of nitrogens with one attached hydrogen (secondary N) is 1. The smallest absolute Gasteiger partial charge is 0.227 e. The number of halogens is 2. The molecule has 0 heterocycles. The van der Waals surface area contributed by atoms with Crippen molar-refractivity contribution < 1.29 is 9.18 Å². The second-order valence-corrected chi connectivity index (χ2v) is 4.95. The van der Waals surface area contributed by atoms with Crippen LogP contribution in [0.15, 0.2) is 22.7 Å². The summed E-state index contributed by atoms with van der Waals surface area (Å²) in [4.78, 5) is 11.8. The Labute approximate surface area is 102 Å². The summed E-state index contributed by atoms with van der Waals surface area (Å²) in [6.45, 7) is 0. The monoisotopic (exact) mass is 285 g/mol. The van der Waals surface area contributed by atoms with Gasteiger partial charge < -0.3 is 5.32 Å². The third-order valence-electron chi connectivity index (χ3n) is 2.91. The van der Waals surface area contributed by atoms with Gasteiger partial charge in [0, 0.05) is 10.4 Å². The van der Waals surface area contributed by atoms with Gasteiger partial charge in [-0.15, -0.1) is 0 Å². The molecule has 0 spiro atoms. The predicted octanol–water partition coefficient (Wildman–Crippen LogP) is 3.72. The molecule has 4 heteroatoms. The summed E-state index contributed by atoms with van der Waals surface area (Å²) in [7, 11) is 0. The Hall–Kier alpha value is -0.900. The molecule has 0 unspecified atom stereocenters. The SMILES string of the molecule is O=C(Nc1cc(F)ccc1Br)C1CCCC1. The summed E-state index contributed by atoms with van der Waals surface area (Å²) >= 11 is 3.29. The van der Waals surface area contributed by atoms with Crippen molar-refractivity contribution in [3.63, 3.8) is 0 Å². The van der Waals surface area contributed by atoms with Gasteiger partial charge in [0.15, 0.2) is 0 Å². The molecule has 1 aromatic carbocycles. The van der Waals surface area contributed by atoms with Crippen LogP contribution in [-0.2, 0) is 4.79 Å². The highest BCUT2D eigenvalue weighted by molar-refractivity contribution is 9.10. The van der Waals surface area contributed by atoms with Crippen molar-refractivity contribution in [3.05, 3.63) is 28.5 Å². The maximum atomic E-state index is 13.0. The molecule has 1 saturated carbocycles. The molecule has 1 aliphatic rings. The number of carbonyl (C=O) groups is 1. The van der Waals surface area contributed by atoms with Crippen LogP contribution in [-0.4, -0.2) is 5.91 Å². The Balaban J connectivity index is 2.07. The second-order valence-electron chi connectivity index (χ2n) is 4.09. The number of hydrogen-bond donors (Lipinski definition) is 1. The summed E-state index contributed by atoms with van der Waals surface area (Å²) < 4.78 is 13.7. The van der Waals surface area contributed by atoms with Crippen LogP contribution in [0.5, 0.6) is 0 Å². The minimum absolute atomic E-state index is 0.00352. The third-order valence-corrected chi connectivity index (χ3v) is 3.60. The molecule has 1 aromatic rings. The molecular weight excluding hydrogens is 273 g/mol. The molecule has 2 rings (SSSR count). The van der Waals surface area contributed by atoms with E-state index in [0.717, 1.165) is 25.7 Å². The van der Waals surface area contributed by atoms with Crippen LogP contribution in [0.1, 0.15) is 25.7 Å². The van der Waals surface area contributed by atoms with Gasteiger partial charge in [0.1, 0.15) is 5.82 Å². The third kappa shape index (κ3) is 2.61. The Morgan fingerprint density at radius 2 is 2.06 bits per heavy atom. The Kier molecular flexibility index (Phi) is 3.59. The highest BCUT2D eigenvalue weighted by Gasteiger charge is 2.23. The quantitative estimate of drug-likeness (QED) is 0.882. The fraction of sp³-hybridized carbons (Fsp3) is 0.417. The molecule has 16 heavy (non-hydrogen) atoms. The highest BCUT2D eigenvalue weighted by atomic mass is 79.9. The van der Waals surface area contributed by atoms with Gasteiger partial charge in [-0.3, -0.25) is 4.79 Å². The summed E-state index contributed by atoms with van der Waals surface area (Å²) in [6, 6.07) is 4.28. The normalized spacial score (nSPS) is 16.4. The van der Waals surface area contributed by atoms with E-state index >= 15 is 0 Å². The summed E-state index contributed by atoms with van der Waals surface area (Å²) in [5.74, 6) is -0.246. The van der Waals surface area contributed by atoms with Gasteiger partial charge in [-0.05, 0) is 47.0 Å². The van der Waals surface area contributed by atoms with Crippen LogP contribution in [0, 0.1) is 11.7 Å². The second kappa shape index (κ2) is 4.95. The van der Waals surface area contributed by atoms with Gasteiger partial charge in [0.2, 0.25) is 5.91 Å². The number of amides is 1. The van der Waals surface area contributed by atoms with Crippen LogP contribution in [0.4, 0.5) is 10.1 Å². The maximum absolute atomic E-state index is 13.0. The lowest BCUT2D eigenvalue weighted by Gasteiger charge is -2.11. The fourth-order valence-corrected chi connectivity index (χ4v) is 2.36. The van der Waals surface area contributed by atoms with Gasteiger partial charge in [0.05, 0.1) is 5.69 Å². The van der Waals surface area contributed by atoms with Gasteiger partial charge in [-0.2, -0.15) is 0 Å². The zero-order chi connectivity index (χ0) is 11.5. The zero-order valence-electron chi connectivity index (χ0n) is 8.80. The lowest BCUT2D eigenvalue weighted by molar-refractivity contribution is -0.119. The van der Waals surface area contributed by atoms with E-state index in [4.69, 9.17) is 0 Å². The number of benzene rings is 1. The van der Waals surface area contributed by atoms with E-state index < -0.39 is 0 Å². The molecule has 0 saturated heterocycles. The van der Waals surface area contributed by atoms with Crippen LogP contribution < -0.4 is 5.32 Å². The molecule has 0 radical (unpaired) electrons. The molecule has 0 bridgehead atoms. The number of carbonyl (C=O) groups excluding carboxylic acids is 1. The first-order valence-corrected chi connectivity index (χ1v) is 6.22. The van der Waals surface area contributed by atoms with E-state index in [1.165, 1.54) is 12.1 Å². The summed E-state index contributed by atoms with van der Waals surface area (Å²) in [6.07, 6.45) is 4.11. The molecular formula is C12H13BrFNO. The first-order valence-electron chi connectivity index (χ1n) is 5.43. The van der Waals surface area contributed by atoms with Gasteiger partial charge in [-0.25, -0.2) is 4.39 Å². The van der Waals surface area contributed by atoms with Crippen molar-refractivity contribution in [2.75, 3.05) is 5.32 Å². The van der Waals surface area contributed by atoms with Crippen LogP contribution in [0.25, 0.3) is 0 Å². The lowest BCUT2D eigenvalue weighted by Crippen LogP contribution is -2.20. The van der Waals surface area contributed by atoms with E-state index in [0.29, 0.717) is 10.2 Å². The van der Waals surface area contributed by atoms with E-state index in [2.05, 4.69) is 21.2 Å². The lowest BCUT2D eigenvalue weighted by atomic mass is 10.1. The van der Waals surface area contributed by atoms with E-state index in [-0.39, 0.29) is 17.6 Å². The minimum Gasteiger partial charge on any atom is -0.325 e. The van der Waals surface area contributed by atoms with Crippen LogP contribution >= 0.6 is 15.9 Å². The van der Waals surface area contributed by atoms with Gasteiger partial charge in [0.25, 0.3) is 0 Å². The molecule has 0 aromatic heterocycles. The van der Waals surface area contributed by atoms with Gasteiger partial charge >= 0.3 is 0 Å². The van der Waals surface area contributed by atoms with E-state index in [1.807, 2.05) is 0 Å². The largest absolute Gasteiger partial charge is 0.325 e. The Bertz CT molecular complexity index is 402. The topological polar surface area (TPSA) is 29.1 Å². The number of hydrogen-bond acceptors (Lipinski definition) is 1. The Morgan fingerprint density at radius 1 is 1.38 bits per heavy atom. The highest BCUT2D eigenvalue weighted by Crippen LogP contribution is 2.28. The zero-order valence-corrected chi connectivity index (χ0v) is 10.4. The van der Waals surface area contributed by atoms with Crippen molar-refractivity contribution in [2.45, 2.75) is 25.7 Å². The standard InChI is InChI=1S/C12H13BrFNO/c13-10-6-5-9(14)7-11(10)15-12(16)8-3-1-2-4-8/h5-8H,1-4H2,(H,15,16). The molecule has 1 aliphatic carbocycles. The molecule has 1 amide bonds. The van der Waals surface area contributed by atoms with Crippen LogP contribution in [0.3, 0.4) is 0 Å². The summed E-state index contributed by atoms with van der Waals surface area (Å²) in [5, 5.41) is 2.77. The molecule has 2 nitrogen and oxygen atoms in total. The average molecular weight is 286 g/mol. The fourth-order valence-electron chi connectivity index (χ4n) is 2.02. The van der Waals surface area contributed by atoms with Crippen molar-refractivity contribution >= 4 is 27.5 Å². The van der Waals surface area contributed by atoms with E-state index in [1.54, 1.807) is 6.07 Å². The van der Waals surface area contributed by atoms with Gasteiger partial charge in [-0.1, -0.05) is 12.8 Å². The number of anilines is 1. The average Bonchev–Trinajstić information content (AvgIpc) is 2.76. The maximum Gasteiger partial charge on any atom is 0.227 e. The van der Waals surface area contributed by atoms with Crippen molar-refractivity contribution in [1.82, 2.24) is 0 Å². The molecule has 0 aliphatic heterocycles. The molecule has 86 valence electrons. The first kappa shape index (κ1) is 11.6. The molecule has 0 atom stereocenters. The number of rotatable bonds is 2. The van der Waals surface area contributed by atoms with Crippen molar-refractivity contribution in [3.8, 4) is 0 Å². The summed E-state index contributed by atoms with van der Waals surface area (Å²) in [5.41, 5.74) is 0.511. The van der Waals surface area contributed by atoms with Crippen molar-refractivity contribution in [1.29, 1.82) is 0 Å². The van der Waals surface area contributed by atoms with Crippen molar-refractivity contribution in [2.24, 2.45) is 5.92 Å². The first-order chi connectivity index (χ1) is 7.66. The Morgan fingerprint density at radius 3 is 2.75 bits per heavy atom. The minimum atomic E-state index is -0.343. The van der Waals surface area contributed by atoms with E-state index in [9.17, 15) is 9.18 Å².